The van der Waals surface area contributed by atoms with Crippen LogP contribution in [-0.4, -0.2) is 30.5 Å². The molecule has 1 aromatic carbocycles. The Balaban J connectivity index is 1.94. The number of carbonyl (C=O) groups excluding carboxylic acids is 1. The molecule has 1 aliphatic heterocycles. The van der Waals surface area contributed by atoms with Crippen LogP contribution < -0.4 is 5.32 Å². The summed E-state index contributed by atoms with van der Waals surface area (Å²) in [5.41, 5.74) is 1.00. The molecule has 1 heterocycles. The first kappa shape index (κ1) is 16.2. The third-order valence-electron chi connectivity index (χ3n) is 3.14. The number of thioether (sulfide) groups is 1. The van der Waals surface area contributed by atoms with E-state index in [1.807, 2.05) is 24.3 Å². The van der Waals surface area contributed by atoms with Gasteiger partial charge < -0.3 is 10.1 Å². The molecular formula is C14H16F3NO2S. The number of alkyl halides is 3. The van der Waals surface area contributed by atoms with E-state index < -0.39 is 24.8 Å². The fourth-order valence-electron chi connectivity index (χ4n) is 2.08. The zero-order valence-corrected chi connectivity index (χ0v) is 12.3. The standard InChI is InChI=1S/C14H16F3NO2S/c1-9(20-8-14(15,16)17)13(19)18-11-6-7-21-12-5-3-2-4-10(11)12/h2-5,9,11H,6-8H2,1H3,(H,18,19)/t9-,11+/m0/s1. The largest absolute Gasteiger partial charge is 0.411 e. The van der Waals surface area contributed by atoms with E-state index in [4.69, 9.17) is 0 Å². The summed E-state index contributed by atoms with van der Waals surface area (Å²) in [6.45, 7) is -0.0940. The molecule has 3 nitrogen and oxygen atoms in total. The van der Waals surface area contributed by atoms with Gasteiger partial charge in [0.05, 0.1) is 6.04 Å². The minimum Gasteiger partial charge on any atom is -0.359 e. The Morgan fingerprint density at radius 1 is 1.48 bits per heavy atom. The summed E-state index contributed by atoms with van der Waals surface area (Å²) < 4.78 is 40.8. The molecule has 0 saturated heterocycles. The Labute approximate surface area is 125 Å². The molecule has 0 bridgehead atoms. The van der Waals surface area contributed by atoms with Gasteiger partial charge in [-0.25, -0.2) is 0 Å². The number of fused-ring (bicyclic) bond motifs is 1. The molecule has 1 aromatic rings. The Morgan fingerprint density at radius 2 is 2.19 bits per heavy atom. The summed E-state index contributed by atoms with van der Waals surface area (Å²) in [7, 11) is 0. The number of hydrogen-bond acceptors (Lipinski definition) is 3. The zero-order valence-electron chi connectivity index (χ0n) is 11.4. The first-order valence-corrected chi connectivity index (χ1v) is 7.56. The van der Waals surface area contributed by atoms with Gasteiger partial charge in [-0.05, 0) is 25.0 Å². The molecule has 0 radical (unpaired) electrons. The van der Waals surface area contributed by atoms with Gasteiger partial charge in [0.15, 0.2) is 0 Å². The molecule has 21 heavy (non-hydrogen) atoms. The van der Waals surface area contributed by atoms with Gasteiger partial charge in [-0.1, -0.05) is 18.2 Å². The van der Waals surface area contributed by atoms with E-state index in [2.05, 4.69) is 10.1 Å². The maximum atomic E-state index is 12.1. The third kappa shape index (κ3) is 4.64. The summed E-state index contributed by atoms with van der Waals surface area (Å²) >= 11 is 1.71. The summed E-state index contributed by atoms with van der Waals surface area (Å²) in [5, 5.41) is 2.77. The van der Waals surface area contributed by atoms with Crippen LogP contribution in [0.2, 0.25) is 0 Å². The van der Waals surface area contributed by atoms with Crippen LogP contribution in [0, 0.1) is 0 Å². The van der Waals surface area contributed by atoms with Crippen LogP contribution in [0.4, 0.5) is 13.2 Å². The van der Waals surface area contributed by atoms with Crippen molar-refractivity contribution in [1.29, 1.82) is 0 Å². The van der Waals surface area contributed by atoms with Gasteiger partial charge in [0, 0.05) is 10.6 Å². The lowest BCUT2D eigenvalue weighted by atomic mass is 10.0. The lowest BCUT2D eigenvalue weighted by Gasteiger charge is -2.27. The van der Waals surface area contributed by atoms with E-state index in [-0.39, 0.29) is 6.04 Å². The van der Waals surface area contributed by atoms with Crippen LogP contribution in [0.15, 0.2) is 29.2 Å². The van der Waals surface area contributed by atoms with Crippen molar-refractivity contribution in [3.8, 4) is 0 Å². The number of carbonyl (C=O) groups is 1. The molecule has 0 aliphatic carbocycles. The monoisotopic (exact) mass is 319 g/mol. The normalized spacial score (nSPS) is 19.7. The molecule has 1 aliphatic rings. The second-order valence-electron chi connectivity index (χ2n) is 4.80. The molecule has 0 unspecified atom stereocenters. The van der Waals surface area contributed by atoms with Gasteiger partial charge in [0.25, 0.3) is 0 Å². The molecule has 2 rings (SSSR count). The Hall–Kier alpha value is -1.21. The molecule has 1 N–H and O–H groups in total. The first-order chi connectivity index (χ1) is 9.87. The Kier molecular flexibility index (Phi) is 5.16. The fourth-order valence-corrected chi connectivity index (χ4v) is 3.20. The SMILES string of the molecule is C[C@H](OCC(F)(F)F)C(=O)N[C@@H]1CCSc2ccccc21. The summed E-state index contributed by atoms with van der Waals surface area (Å²) in [4.78, 5) is 13.0. The second kappa shape index (κ2) is 6.70. The highest BCUT2D eigenvalue weighted by Gasteiger charge is 2.31. The lowest BCUT2D eigenvalue weighted by Crippen LogP contribution is -2.39. The predicted octanol–water partition coefficient (Wildman–Crippen LogP) is 3.31. The first-order valence-electron chi connectivity index (χ1n) is 6.57. The maximum Gasteiger partial charge on any atom is 0.411 e. The number of amides is 1. The van der Waals surface area contributed by atoms with Gasteiger partial charge in [-0.15, -0.1) is 11.8 Å². The molecule has 0 spiro atoms. The van der Waals surface area contributed by atoms with Crippen molar-refractivity contribution in [2.45, 2.75) is 36.6 Å². The van der Waals surface area contributed by atoms with E-state index in [0.29, 0.717) is 0 Å². The summed E-state index contributed by atoms with van der Waals surface area (Å²) in [5.74, 6) is 0.339. The number of halogens is 3. The summed E-state index contributed by atoms with van der Waals surface area (Å²) in [6, 6.07) is 7.53. The quantitative estimate of drug-likeness (QED) is 0.925. The number of rotatable bonds is 4. The van der Waals surface area contributed by atoms with Crippen LogP contribution >= 0.6 is 11.8 Å². The number of nitrogens with one attached hydrogen (secondary N) is 1. The minimum absolute atomic E-state index is 0.174. The predicted molar refractivity (Wildman–Crippen MR) is 74.1 cm³/mol. The van der Waals surface area contributed by atoms with E-state index in [1.54, 1.807) is 11.8 Å². The molecular weight excluding hydrogens is 303 g/mol. The van der Waals surface area contributed by atoms with Crippen LogP contribution in [0.25, 0.3) is 0 Å². The Morgan fingerprint density at radius 3 is 2.90 bits per heavy atom. The van der Waals surface area contributed by atoms with E-state index in [1.165, 1.54) is 6.92 Å². The van der Waals surface area contributed by atoms with Crippen molar-refractivity contribution >= 4 is 17.7 Å². The van der Waals surface area contributed by atoms with Crippen molar-refractivity contribution < 1.29 is 22.7 Å². The zero-order chi connectivity index (χ0) is 15.5. The van der Waals surface area contributed by atoms with Crippen molar-refractivity contribution in [2.24, 2.45) is 0 Å². The third-order valence-corrected chi connectivity index (χ3v) is 4.26. The molecule has 0 aromatic heterocycles. The maximum absolute atomic E-state index is 12.1. The highest BCUT2D eigenvalue weighted by Crippen LogP contribution is 2.35. The molecule has 1 amide bonds. The van der Waals surface area contributed by atoms with Crippen molar-refractivity contribution in [3.05, 3.63) is 29.8 Å². The molecule has 2 atom stereocenters. The molecule has 116 valence electrons. The van der Waals surface area contributed by atoms with Gasteiger partial charge in [-0.2, -0.15) is 13.2 Å². The van der Waals surface area contributed by atoms with Crippen molar-refractivity contribution in [2.75, 3.05) is 12.4 Å². The Bertz CT molecular complexity index is 507. The summed E-state index contributed by atoms with van der Waals surface area (Å²) in [6.07, 6.45) is -4.81. The topological polar surface area (TPSA) is 38.3 Å². The van der Waals surface area contributed by atoms with Crippen LogP contribution in [-0.2, 0) is 9.53 Å². The number of hydrogen-bond donors (Lipinski definition) is 1. The van der Waals surface area contributed by atoms with Gasteiger partial charge in [-0.3, -0.25) is 4.79 Å². The van der Waals surface area contributed by atoms with Gasteiger partial charge in [0.2, 0.25) is 5.91 Å². The highest BCUT2D eigenvalue weighted by atomic mass is 32.2. The van der Waals surface area contributed by atoms with Crippen molar-refractivity contribution in [3.63, 3.8) is 0 Å². The fraction of sp³-hybridized carbons (Fsp3) is 0.500. The average molecular weight is 319 g/mol. The van der Waals surface area contributed by atoms with Crippen LogP contribution in [0.5, 0.6) is 0 Å². The smallest absolute Gasteiger partial charge is 0.359 e. The lowest BCUT2D eigenvalue weighted by molar-refractivity contribution is -0.185. The van der Waals surface area contributed by atoms with E-state index in [9.17, 15) is 18.0 Å². The number of benzene rings is 1. The van der Waals surface area contributed by atoms with Crippen LogP contribution in [0.3, 0.4) is 0 Å². The molecule has 0 saturated carbocycles. The molecule has 7 heteroatoms. The number of ether oxygens (including phenoxy) is 1. The van der Waals surface area contributed by atoms with Crippen LogP contribution in [0.1, 0.15) is 24.9 Å². The highest BCUT2D eigenvalue weighted by molar-refractivity contribution is 7.99. The van der Waals surface area contributed by atoms with Gasteiger partial charge in [0.1, 0.15) is 12.7 Å². The molecule has 0 fully saturated rings. The second-order valence-corrected chi connectivity index (χ2v) is 5.94. The minimum atomic E-state index is -4.43. The van der Waals surface area contributed by atoms with E-state index >= 15 is 0 Å². The van der Waals surface area contributed by atoms with Crippen molar-refractivity contribution in [1.82, 2.24) is 5.32 Å². The average Bonchev–Trinajstić information content (AvgIpc) is 2.44. The van der Waals surface area contributed by atoms with Gasteiger partial charge >= 0.3 is 6.18 Å². The van der Waals surface area contributed by atoms with E-state index in [0.717, 1.165) is 22.6 Å².